The molecular weight excluding hydrogens is 266 g/mol. The van der Waals surface area contributed by atoms with Crippen molar-refractivity contribution in [3.8, 4) is 0 Å². The van der Waals surface area contributed by atoms with Crippen LogP contribution in [0.3, 0.4) is 0 Å². The highest BCUT2D eigenvalue weighted by molar-refractivity contribution is 5.82. The van der Waals surface area contributed by atoms with Crippen LogP contribution in [0.15, 0.2) is 28.7 Å². The minimum absolute atomic E-state index is 0.252. The van der Waals surface area contributed by atoms with Gasteiger partial charge in [0.05, 0.1) is 12.2 Å². The first kappa shape index (κ1) is 14.6. The van der Waals surface area contributed by atoms with Crippen LogP contribution in [0.25, 0.3) is 11.0 Å². The summed E-state index contributed by atoms with van der Waals surface area (Å²) >= 11 is 0. The first-order chi connectivity index (χ1) is 10.3. The van der Waals surface area contributed by atoms with E-state index in [0.717, 1.165) is 48.0 Å². The van der Waals surface area contributed by atoms with Crippen LogP contribution in [0.1, 0.15) is 37.0 Å². The Morgan fingerprint density at radius 2 is 2.05 bits per heavy atom. The molecule has 21 heavy (non-hydrogen) atoms. The summed E-state index contributed by atoms with van der Waals surface area (Å²) in [6.45, 7) is 0.962. The average Bonchev–Trinajstić information content (AvgIpc) is 2.90. The number of ether oxygens (including phenoxy) is 2. The summed E-state index contributed by atoms with van der Waals surface area (Å²) < 4.78 is 17.4. The standard InChI is InChI=1S/C17H23NO3/c1-19-12-5-4-6-13(9-12)20-11-17-15(10-18)14-7-2-3-8-16(14)21-17/h2-3,7-8,12-13H,4-6,9-11,18H2,1H3. The molecule has 2 unspecified atom stereocenters. The van der Waals surface area contributed by atoms with Gasteiger partial charge in [-0.25, -0.2) is 0 Å². The molecule has 2 N–H and O–H groups in total. The second-order valence-electron chi connectivity index (χ2n) is 5.66. The molecule has 0 bridgehead atoms. The summed E-state index contributed by atoms with van der Waals surface area (Å²) in [5.74, 6) is 0.859. The smallest absolute Gasteiger partial charge is 0.135 e. The van der Waals surface area contributed by atoms with Crippen molar-refractivity contribution in [1.82, 2.24) is 0 Å². The lowest BCUT2D eigenvalue weighted by Crippen LogP contribution is -2.27. The average molecular weight is 289 g/mol. The predicted molar refractivity (Wildman–Crippen MR) is 81.9 cm³/mol. The Balaban J connectivity index is 1.70. The van der Waals surface area contributed by atoms with Crippen LogP contribution in [-0.4, -0.2) is 19.3 Å². The van der Waals surface area contributed by atoms with E-state index in [9.17, 15) is 0 Å². The molecule has 1 aromatic heterocycles. The van der Waals surface area contributed by atoms with Crippen LogP contribution in [0.4, 0.5) is 0 Å². The zero-order valence-corrected chi connectivity index (χ0v) is 12.5. The molecule has 0 spiro atoms. The van der Waals surface area contributed by atoms with Crippen molar-refractivity contribution >= 4 is 11.0 Å². The number of methoxy groups -OCH3 is 1. The van der Waals surface area contributed by atoms with E-state index in [1.54, 1.807) is 7.11 Å². The van der Waals surface area contributed by atoms with Crippen molar-refractivity contribution in [2.24, 2.45) is 5.73 Å². The maximum Gasteiger partial charge on any atom is 0.135 e. The third-order valence-electron chi connectivity index (χ3n) is 4.35. The van der Waals surface area contributed by atoms with Gasteiger partial charge in [0.15, 0.2) is 0 Å². The Morgan fingerprint density at radius 1 is 1.24 bits per heavy atom. The van der Waals surface area contributed by atoms with Gasteiger partial charge in [-0.05, 0) is 31.7 Å². The highest BCUT2D eigenvalue weighted by Gasteiger charge is 2.23. The maximum atomic E-state index is 6.04. The van der Waals surface area contributed by atoms with E-state index in [1.807, 2.05) is 24.3 Å². The number of furan rings is 1. The highest BCUT2D eigenvalue weighted by Crippen LogP contribution is 2.28. The Labute approximate surface area is 125 Å². The van der Waals surface area contributed by atoms with Crippen LogP contribution in [0.2, 0.25) is 0 Å². The van der Waals surface area contributed by atoms with Crippen molar-refractivity contribution in [2.75, 3.05) is 7.11 Å². The van der Waals surface area contributed by atoms with Gasteiger partial charge in [0, 0.05) is 24.6 Å². The van der Waals surface area contributed by atoms with Gasteiger partial charge in [-0.2, -0.15) is 0 Å². The van der Waals surface area contributed by atoms with Crippen molar-refractivity contribution < 1.29 is 13.9 Å². The molecule has 4 nitrogen and oxygen atoms in total. The first-order valence-electron chi connectivity index (χ1n) is 7.65. The van der Waals surface area contributed by atoms with E-state index in [1.165, 1.54) is 0 Å². The summed E-state index contributed by atoms with van der Waals surface area (Å²) in [6, 6.07) is 8.00. The molecule has 1 aliphatic carbocycles. The Morgan fingerprint density at radius 3 is 2.86 bits per heavy atom. The molecule has 1 saturated carbocycles. The molecule has 0 aliphatic heterocycles. The molecule has 1 fully saturated rings. The van der Waals surface area contributed by atoms with Gasteiger partial charge in [0.25, 0.3) is 0 Å². The molecule has 1 aromatic carbocycles. The van der Waals surface area contributed by atoms with Gasteiger partial charge in [-0.3, -0.25) is 0 Å². The number of para-hydroxylation sites is 1. The normalized spacial score (nSPS) is 22.8. The maximum absolute atomic E-state index is 6.04. The number of benzene rings is 1. The van der Waals surface area contributed by atoms with Gasteiger partial charge in [-0.1, -0.05) is 18.2 Å². The molecule has 2 atom stereocenters. The lowest BCUT2D eigenvalue weighted by atomic mass is 9.95. The number of hydrogen-bond donors (Lipinski definition) is 1. The molecule has 4 heteroatoms. The molecule has 1 aliphatic rings. The van der Waals surface area contributed by atoms with Gasteiger partial charge in [-0.15, -0.1) is 0 Å². The van der Waals surface area contributed by atoms with Crippen molar-refractivity contribution in [3.63, 3.8) is 0 Å². The largest absolute Gasteiger partial charge is 0.458 e. The first-order valence-corrected chi connectivity index (χ1v) is 7.65. The minimum atomic E-state index is 0.252. The van der Waals surface area contributed by atoms with E-state index in [-0.39, 0.29) is 6.10 Å². The van der Waals surface area contributed by atoms with Gasteiger partial charge >= 0.3 is 0 Å². The Kier molecular flexibility index (Phi) is 4.58. The topological polar surface area (TPSA) is 57.6 Å². The predicted octanol–water partition coefficient (Wildman–Crippen LogP) is 3.37. The van der Waals surface area contributed by atoms with Gasteiger partial charge in [0.1, 0.15) is 18.0 Å². The van der Waals surface area contributed by atoms with E-state index >= 15 is 0 Å². The third kappa shape index (κ3) is 3.12. The second-order valence-corrected chi connectivity index (χ2v) is 5.66. The zero-order valence-electron chi connectivity index (χ0n) is 12.5. The summed E-state index contributed by atoms with van der Waals surface area (Å²) in [5.41, 5.74) is 7.82. The van der Waals surface area contributed by atoms with Crippen LogP contribution in [0, 0.1) is 0 Å². The molecule has 3 rings (SSSR count). The summed E-state index contributed by atoms with van der Waals surface area (Å²) in [6.07, 6.45) is 4.94. The van der Waals surface area contributed by atoms with E-state index in [2.05, 4.69) is 0 Å². The lowest BCUT2D eigenvalue weighted by Gasteiger charge is -2.28. The molecule has 1 heterocycles. The Hall–Kier alpha value is -1.36. The molecule has 2 aromatic rings. The summed E-state index contributed by atoms with van der Waals surface area (Å²) in [4.78, 5) is 0. The number of nitrogens with two attached hydrogens (primary N) is 1. The number of fused-ring (bicyclic) bond motifs is 1. The van der Waals surface area contributed by atoms with Crippen LogP contribution in [-0.2, 0) is 22.6 Å². The molecule has 0 amide bonds. The third-order valence-corrected chi connectivity index (χ3v) is 4.35. The van der Waals surface area contributed by atoms with Crippen molar-refractivity contribution in [2.45, 2.75) is 51.0 Å². The van der Waals surface area contributed by atoms with Crippen LogP contribution in [0.5, 0.6) is 0 Å². The SMILES string of the molecule is COC1CCCC(OCc2oc3ccccc3c2CN)C1. The van der Waals surface area contributed by atoms with Gasteiger partial charge in [0.2, 0.25) is 0 Å². The van der Waals surface area contributed by atoms with Crippen LogP contribution >= 0.6 is 0 Å². The fourth-order valence-electron chi connectivity index (χ4n) is 3.15. The summed E-state index contributed by atoms with van der Waals surface area (Å²) in [5, 5.41) is 1.09. The van der Waals surface area contributed by atoms with Crippen LogP contribution < -0.4 is 5.73 Å². The monoisotopic (exact) mass is 289 g/mol. The van der Waals surface area contributed by atoms with E-state index in [4.69, 9.17) is 19.6 Å². The zero-order chi connectivity index (χ0) is 14.7. The quantitative estimate of drug-likeness (QED) is 0.917. The van der Waals surface area contributed by atoms with Gasteiger partial charge < -0.3 is 19.6 Å². The molecular formula is C17H23NO3. The number of rotatable bonds is 5. The lowest BCUT2D eigenvalue weighted by molar-refractivity contribution is -0.0404. The minimum Gasteiger partial charge on any atom is -0.458 e. The molecule has 114 valence electrons. The molecule has 0 saturated heterocycles. The van der Waals surface area contributed by atoms with E-state index < -0.39 is 0 Å². The van der Waals surface area contributed by atoms with E-state index in [0.29, 0.717) is 19.3 Å². The highest BCUT2D eigenvalue weighted by atomic mass is 16.5. The fraction of sp³-hybridized carbons (Fsp3) is 0.529. The van der Waals surface area contributed by atoms with Crippen molar-refractivity contribution in [1.29, 1.82) is 0 Å². The summed E-state index contributed by atoms with van der Waals surface area (Å²) in [7, 11) is 1.78. The molecule has 0 radical (unpaired) electrons. The van der Waals surface area contributed by atoms with Crippen molar-refractivity contribution in [3.05, 3.63) is 35.6 Å². The fourth-order valence-corrected chi connectivity index (χ4v) is 3.15. The second kappa shape index (κ2) is 6.60. The Bertz CT molecular complexity index is 593. The number of hydrogen-bond acceptors (Lipinski definition) is 4.